The number of nitrogens with zero attached hydrogens (tertiary/aromatic N) is 2. The Morgan fingerprint density at radius 3 is 2.41 bits per heavy atom. The molecule has 2 saturated heterocycles. The van der Waals surface area contributed by atoms with Crippen LogP contribution in [0, 0.1) is 3.57 Å². The summed E-state index contributed by atoms with van der Waals surface area (Å²) in [5, 5.41) is 0. The molecule has 3 rings (SSSR count). The predicted molar refractivity (Wildman–Crippen MR) is 67.2 cm³/mol. The minimum atomic E-state index is -0.276. The van der Waals surface area contributed by atoms with Crippen LogP contribution in [0.1, 0.15) is 0 Å². The second kappa shape index (κ2) is 4.21. The van der Waals surface area contributed by atoms with E-state index in [1.807, 2.05) is 22.6 Å². The molecule has 0 spiro atoms. The van der Waals surface area contributed by atoms with Crippen LogP contribution in [0.3, 0.4) is 0 Å². The molecule has 6 nitrogen and oxygen atoms in total. The summed E-state index contributed by atoms with van der Waals surface area (Å²) in [6, 6.07) is 0. The molecular formula is C10H11IN2O4. The fourth-order valence-corrected chi connectivity index (χ4v) is 2.31. The summed E-state index contributed by atoms with van der Waals surface area (Å²) in [6.45, 7) is 2.18. The van der Waals surface area contributed by atoms with E-state index in [1.54, 1.807) is 10.8 Å². The van der Waals surface area contributed by atoms with E-state index in [9.17, 15) is 9.59 Å². The second-order valence-electron chi connectivity index (χ2n) is 4.24. The van der Waals surface area contributed by atoms with E-state index in [0.29, 0.717) is 29.9 Å². The summed E-state index contributed by atoms with van der Waals surface area (Å²) < 4.78 is 13.5. The molecule has 0 radical (unpaired) electrons. The zero-order chi connectivity index (χ0) is 12.0. The number of ether oxygens (including phenoxy) is 2. The molecule has 2 atom stereocenters. The van der Waals surface area contributed by atoms with Crippen LogP contribution in [0.25, 0.3) is 0 Å². The van der Waals surface area contributed by atoms with E-state index in [4.69, 9.17) is 9.47 Å². The summed E-state index contributed by atoms with van der Waals surface area (Å²) in [5.74, 6) is 0. The maximum absolute atomic E-state index is 12.1. The molecular weight excluding hydrogens is 339 g/mol. The molecule has 2 fully saturated rings. The van der Waals surface area contributed by atoms with Crippen LogP contribution in [-0.2, 0) is 22.6 Å². The normalized spacial score (nSPS) is 25.9. The molecule has 0 saturated carbocycles. The van der Waals surface area contributed by atoms with Crippen molar-refractivity contribution < 1.29 is 9.47 Å². The van der Waals surface area contributed by atoms with Gasteiger partial charge in [0.2, 0.25) is 0 Å². The Morgan fingerprint density at radius 2 is 1.82 bits per heavy atom. The van der Waals surface area contributed by atoms with Crippen molar-refractivity contribution in [2.75, 3.05) is 13.2 Å². The van der Waals surface area contributed by atoms with Crippen molar-refractivity contribution in [3.63, 3.8) is 0 Å². The Labute approximate surface area is 110 Å². The quantitative estimate of drug-likeness (QED) is 0.538. The van der Waals surface area contributed by atoms with Gasteiger partial charge in [-0.25, -0.2) is 4.79 Å². The maximum atomic E-state index is 12.1. The minimum absolute atomic E-state index is 0.0178. The van der Waals surface area contributed by atoms with Gasteiger partial charge in [0.25, 0.3) is 5.56 Å². The van der Waals surface area contributed by atoms with Gasteiger partial charge in [0.05, 0.1) is 42.1 Å². The molecule has 2 aliphatic rings. The van der Waals surface area contributed by atoms with E-state index >= 15 is 0 Å². The van der Waals surface area contributed by atoms with Crippen LogP contribution in [0.5, 0.6) is 0 Å². The third-order valence-corrected chi connectivity index (χ3v) is 3.53. The fraction of sp³-hybridized carbons (Fsp3) is 0.600. The summed E-state index contributed by atoms with van der Waals surface area (Å²) in [6.07, 6.45) is 1.73. The third-order valence-electron chi connectivity index (χ3n) is 2.79. The monoisotopic (exact) mass is 350 g/mol. The van der Waals surface area contributed by atoms with Crippen molar-refractivity contribution in [1.82, 2.24) is 9.13 Å². The Morgan fingerprint density at radius 1 is 1.24 bits per heavy atom. The summed E-state index contributed by atoms with van der Waals surface area (Å²) in [5.41, 5.74) is -0.513. The molecule has 0 N–H and O–H groups in total. The zero-order valence-electron chi connectivity index (χ0n) is 8.97. The first-order valence-corrected chi connectivity index (χ1v) is 6.46. The highest BCUT2D eigenvalue weighted by atomic mass is 127. The SMILES string of the molecule is O=c1c(I)cn(CC2CO2)c(=O)n1CC1CO1. The first-order valence-electron chi connectivity index (χ1n) is 5.38. The van der Waals surface area contributed by atoms with Gasteiger partial charge in [0, 0.05) is 6.20 Å². The van der Waals surface area contributed by atoms with Gasteiger partial charge in [0.1, 0.15) is 0 Å². The number of aromatic nitrogens is 2. The van der Waals surface area contributed by atoms with E-state index < -0.39 is 0 Å². The molecule has 17 heavy (non-hydrogen) atoms. The summed E-state index contributed by atoms with van der Waals surface area (Å²) >= 11 is 1.95. The summed E-state index contributed by atoms with van der Waals surface area (Å²) in [4.78, 5) is 23.9. The van der Waals surface area contributed by atoms with Crippen LogP contribution in [-0.4, -0.2) is 34.6 Å². The molecule has 1 aromatic rings. The van der Waals surface area contributed by atoms with E-state index in [2.05, 4.69) is 0 Å². The van der Waals surface area contributed by atoms with Crippen LogP contribution < -0.4 is 11.2 Å². The van der Waals surface area contributed by atoms with Crippen LogP contribution in [0.4, 0.5) is 0 Å². The molecule has 92 valence electrons. The molecule has 1 aromatic heterocycles. The molecule has 0 bridgehead atoms. The average molecular weight is 350 g/mol. The molecule has 3 heterocycles. The lowest BCUT2D eigenvalue weighted by Gasteiger charge is -2.08. The van der Waals surface area contributed by atoms with Crippen molar-refractivity contribution >= 4 is 22.6 Å². The van der Waals surface area contributed by atoms with E-state index in [-0.39, 0.29) is 23.5 Å². The second-order valence-corrected chi connectivity index (χ2v) is 5.40. The number of rotatable bonds is 4. The summed E-state index contributed by atoms with van der Waals surface area (Å²) in [7, 11) is 0. The Bertz CT molecular complexity index is 556. The molecule has 0 amide bonds. The average Bonchev–Trinajstić information content (AvgIpc) is 3.15. The Balaban J connectivity index is 2.00. The lowest BCUT2D eigenvalue weighted by Crippen LogP contribution is -2.42. The molecule has 0 aliphatic carbocycles. The Kier molecular flexibility index (Phi) is 2.83. The largest absolute Gasteiger partial charge is 0.371 e. The molecule has 2 aliphatic heterocycles. The van der Waals surface area contributed by atoms with Gasteiger partial charge >= 0.3 is 5.69 Å². The number of hydrogen-bond acceptors (Lipinski definition) is 4. The predicted octanol–water partition coefficient (Wildman–Crippen LogP) is -0.588. The number of epoxide rings is 2. The lowest BCUT2D eigenvalue weighted by molar-refractivity contribution is 0.359. The van der Waals surface area contributed by atoms with Gasteiger partial charge < -0.3 is 9.47 Å². The van der Waals surface area contributed by atoms with Crippen molar-refractivity contribution in [2.24, 2.45) is 0 Å². The van der Waals surface area contributed by atoms with Crippen molar-refractivity contribution in [2.45, 2.75) is 25.3 Å². The highest BCUT2D eigenvalue weighted by Gasteiger charge is 2.27. The van der Waals surface area contributed by atoms with Crippen molar-refractivity contribution in [3.05, 3.63) is 30.6 Å². The lowest BCUT2D eigenvalue weighted by atomic mass is 10.4. The smallest absolute Gasteiger partial charge is 0.331 e. The third kappa shape index (κ3) is 2.45. The number of hydrogen-bond donors (Lipinski definition) is 0. The first kappa shape index (κ1) is 11.4. The molecule has 7 heteroatoms. The standard InChI is InChI=1S/C10H11IN2O4/c11-8-3-12(1-6-4-16-6)10(15)13(9(8)14)2-7-5-17-7/h3,6-7H,1-2,4-5H2. The zero-order valence-corrected chi connectivity index (χ0v) is 11.1. The van der Waals surface area contributed by atoms with Crippen LogP contribution in [0.2, 0.25) is 0 Å². The van der Waals surface area contributed by atoms with Gasteiger partial charge in [0.15, 0.2) is 0 Å². The highest BCUT2D eigenvalue weighted by Crippen LogP contribution is 2.12. The van der Waals surface area contributed by atoms with E-state index in [0.717, 1.165) is 0 Å². The van der Waals surface area contributed by atoms with Gasteiger partial charge in [-0.1, -0.05) is 0 Å². The van der Waals surface area contributed by atoms with Crippen LogP contribution >= 0.6 is 22.6 Å². The van der Waals surface area contributed by atoms with Crippen LogP contribution in [0.15, 0.2) is 15.8 Å². The topological polar surface area (TPSA) is 69.1 Å². The van der Waals surface area contributed by atoms with E-state index in [1.165, 1.54) is 4.57 Å². The van der Waals surface area contributed by atoms with Gasteiger partial charge in [-0.3, -0.25) is 13.9 Å². The fourth-order valence-electron chi connectivity index (χ4n) is 1.68. The molecule has 2 unspecified atom stereocenters. The van der Waals surface area contributed by atoms with Crippen molar-refractivity contribution in [1.29, 1.82) is 0 Å². The minimum Gasteiger partial charge on any atom is -0.371 e. The van der Waals surface area contributed by atoms with Crippen molar-refractivity contribution in [3.8, 4) is 0 Å². The van der Waals surface area contributed by atoms with Gasteiger partial charge in [-0.05, 0) is 22.6 Å². The van der Waals surface area contributed by atoms with Gasteiger partial charge in [-0.15, -0.1) is 0 Å². The van der Waals surface area contributed by atoms with Gasteiger partial charge in [-0.2, -0.15) is 0 Å². The number of halogens is 1. The highest BCUT2D eigenvalue weighted by molar-refractivity contribution is 14.1. The molecule has 0 aromatic carbocycles. The first-order chi connectivity index (χ1) is 8.15. The Hall–Kier alpha value is -0.670. The maximum Gasteiger partial charge on any atom is 0.331 e.